The zero-order valence-corrected chi connectivity index (χ0v) is 9.56. The van der Waals surface area contributed by atoms with Gasteiger partial charge in [-0.05, 0) is 30.7 Å². The van der Waals surface area contributed by atoms with Gasteiger partial charge in [0.05, 0.1) is 6.67 Å². The molecule has 82 valence electrons. The maximum Gasteiger partial charge on any atom is 0.103 e. The minimum Gasteiger partial charge on any atom is -0.389 e. The van der Waals surface area contributed by atoms with Crippen molar-refractivity contribution in [1.29, 1.82) is 0 Å². The Morgan fingerprint density at radius 3 is 2.47 bits per heavy atom. The number of rotatable bonds is 5. The number of nitrogens with two attached hydrogens (primary N) is 1. The molecule has 0 aliphatic carbocycles. The van der Waals surface area contributed by atoms with Crippen molar-refractivity contribution in [3.05, 3.63) is 29.8 Å². The Labute approximate surface area is 94.9 Å². The lowest BCUT2D eigenvalue weighted by Gasteiger charge is -2.18. The van der Waals surface area contributed by atoms with Crippen LogP contribution in [-0.4, -0.2) is 25.3 Å². The molecule has 1 rings (SSSR count). The molecule has 0 bridgehead atoms. The van der Waals surface area contributed by atoms with Crippen LogP contribution in [0.2, 0.25) is 0 Å². The summed E-state index contributed by atoms with van der Waals surface area (Å²) in [5.41, 5.74) is 7.39. The number of benzene rings is 1. The fraction of sp³-hybridized carbons (Fsp3) is 0.364. The van der Waals surface area contributed by atoms with E-state index in [2.05, 4.69) is 0 Å². The van der Waals surface area contributed by atoms with Crippen LogP contribution in [0.15, 0.2) is 24.3 Å². The Morgan fingerprint density at radius 1 is 1.40 bits per heavy atom. The first-order valence-electron chi connectivity index (χ1n) is 4.82. The van der Waals surface area contributed by atoms with Gasteiger partial charge in [-0.25, -0.2) is 0 Å². The average molecular weight is 226 g/mol. The molecule has 2 N–H and O–H groups in total. The van der Waals surface area contributed by atoms with E-state index in [0.29, 0.717) is 18.0 Å². The monoisotopic (exact) mass is 226 g/mol. The van der Waals surface area contributed by atoms with Crippen molar-refractivity contribution < 1.29 is 4.39 Å². The van der Waals surface area contributed by atoms with Crippen LogP contribution in [0.25, 0.3) is 0 Å². The van der Waals surface area contributed by atoms with E-state index >= 15 is 0 Å². The van der Waals surface area contributed by atoms with E-state index in [0.717, 1.165) is 11.3 Å². The van der Waals surface area contributed by atoms with E-state index in [1.807, 2.05) is 36.2 Å². The summed E-state index contributed by atoms with van der Waals surface area (Å²) in [5, 5.41) is 0. The fourth-order valence-electron chi connectivity index (χ4n) is 1.31. The van der Waals surface area contributed by atoms with Gasteiger partial charge in [0.1, 0.15) is 4.99 Å². The van der Waals surface area contributed by atoms with Crippen molar-refractivity contribution in [3.63, 3.8) is 0 Å². The van der Waals surface area contributed by atoms with Crippen molar-refractivity contribution in [3.8, 4) is 0 Å². The van der Waals surface area contributed by atoms with Gasteiger partial charge >= 0.3 is 0 Å². The lowest BCUT2D eigenvalue weighted by molar-refractivity contribution is 0.474. The summed E-state index contributed by atoms with van der Waals surface area (Å²) in [6, 6.07) is 7.63. The molecule has 0 aliphatic heterocycles. The topological polar surface area (TPSA) is 29.3 Å². The standard InChI is InChI=1S/C11H15FN2S/c1-14(8-2-7-12)10-5-3-9(4-6-10)11(13)15/h3-6H,2,7-8H2,1H3,(H2,13,15). The van der Waals surface area contributed by atoms with E-state index in [9.17, 15) is 4.39 Å². The molecule has 0 aliphatic rings. The summed E-state index contributed by atoms with van der Waals surface area (Å²) in [4.78, 5) is 2.40. The second-order valence-corrected chi connectivity index (χ2v) is 3.82. The van der Waals surface area contributed by atoms with Gasteiger partial charge in [0.2, 0.25) is 0 Å². The Morgan fingerprint density at radius 2 is 2.00 bits per heavy atom. The molecule has 0 fully saturated rings. The third-order valence-electron chi connectivity index (χ3n) is 2.22. The van der Waals surface area contributed by atoms with Gasteiger partial charge in [0, 0.05) is 24.8 Å². The lowest BCUT2D eigenvalue weighted by Crippen LogP contribution is -2.19. The molecule has 0 saturated carbocycles. The SMILES string of the molecule is CN(CCCF)c1ccc(C(N)=S)cc1. The Hall–Kier alpha value is -1.16. The maximum absolute atomic E-state index is 12.0. The molecule has 1 aromatic rings. The molecule has 0 spiro atoms. The van der Waals surface area contributed by atoms with Crippen molar-refractivity contribution in [1.82, 2.24) is 0 Å². The van der Waals surface area contributed by atoms with E-state index in [1.165, 1.54) is 0 Å². The van der Waals surface area contributed by atoms with Crippen molar-refractivity contribution in [2.24, 2.45) is 5.73 Å². The highest BCUT2D eigenvalue weighted by Crippen LogP contribution is 2.13. The van der Waals surface area contributed by atoms with Crippen molar-refractivity contribution in [2.75, 3.05) is 25.2 Å². The summed E-state index contributed by atoms with van der Waals surface area (Å²) in [6.07, 6.45) is 0.549. The second kappa shape index (κ2) is 5.66. The minimum absolute atomic E-state index is 0.282. The van der Waals surface area contributed by atoms with Crippen LogP contribution in [0, 0.1) is 0 Å². The fourth-order valence-corrected chi connectivity index (χ4v) is 1.44. The molecule has 1 aromatic carbocycles. The van der Waals surface area contributed by atoms with E-state index in [1.54, 1.807) is 0 Å². The van der Waals surface area contributed by atoms with Gasteiger partial charge in [-0.15, -0.1) is 0 Å². The number of anilines is 1. The van der Waals surface area contributed by atoms with Crippen LogP contribution in [0.1, 0.15) is 12.0 Å². The molecule has 0 heterocycles. The summed E-state index contributed by atoms with van der Waals surface area (Å²) < 4.78 is 12.0. The molecule has 0 atom stereocenters. The van der Waals surface area contributed by atoms with Crippen LogP contribution in [0.3, 0.4) is 0 Å². The smallest absolute Gasteiger partial charge is 0.103 e. The highest BCUT2D eigenvalue weighted by Gasteiger charge is 2.01. The van der Waals surface area contributed by atoms with Crippen LogP contribution in [0.5, 0.6) is 0 Å². The highest BCUT2D eigenvalue weighted by molar-refractivity contribution is 7.80. The predicted octanol–water partition coefficient (Wildman–Crippen LogP) is 2.12. The lowest BCUT2D eigenvalue weighted by atomic mass is 10.2. The number of hydrogen-bond acceptors (Lipinski definition) is 2. The van der Waals surface area contributed by atoms with E-state index < -0.39 is 0 Å². The van der Waals surface area contributed by atoms with Gasteiger partial charge in [0.25, 0.3) is 0 Å². The normalized spacial score (nSPS) is 10.0. The van der Waals surface area contributed by atoms with E-state index in [-0.39, 0.29) is 6.67 Å². The molecule has 0 aromatic heterocycles. The minimum atomic E-state index is -0.282. The van der Waals surface area contributed by atoms with E-state index in [4.69, 9.17) is 18.0 Å². The van der Waals surface area contributed by atoms with Crippen molar-refractivity contribution in [2.45, 2.75) is 6.42 Å². The summed E-state index contributed by atoms with van der Waals surface area (Å²) in [5.74, 6) is 0. The zero-order valence-electron chi connectivity index (χ0n) is 8.74. The largest absolute Gasteiger partial charge is 0.389 e. The second-order valence-electron chi connectivity index (χ2n) is 3.38. The average Bonchev–Trinajstić information content (AvgIpc) is 2.26. The quantitative estimate of drug-likeness (QED) is 0.780. The van der Waals surface area contributed by atoms with Gasteiger partial charge in [-0.3, -0.25) is 4.39 Å². The third kappa shape index (κ3) is 3.47. The predicted molar refractivity (Wildman–Crippen MR) is 66.2 cm³/mol. The molecule has 0 unspecified atom stereocenters. The molecule has 0 amide bonds. The van der Waals surface area contributed by atoms with Gasteiger partial charge < -0.3 is 10.6 Å². The van der Waals surface area contributed by atoms with Crippen LogP contribution < -0.4 is 10.6 Å². The van der Waals surface area contributed by atoms with Gasteiger partial charge in [-0.2, -0.15) is 0 Å². The number of thiocarbonyl (C=S) groups is 1. The maximum atomic E-state index is 12.0. The Balaban J connectivity index is 2.66. The number of alkyl halides is 1. The first kappa shape index (κ1) is 11.9. The molecule has 0 saturated heterocycles. The molecule has 2 nitrogen and oxygen atoms in total. The van der Waals surface area contributed by atoms with Crippen LogP contribution in [-0.2, 0) is 0 Å². The zero-order chi connectivity index (χ0) is 11.3. The van der Waals surface area contributed by atoms with Crippen LogP contribution >= 0.6 is 12.2 Å². The number of nitrogens with zero attached hydrogens (tertiary/aromatic N) is 1. The highest BCUT2D eigenvalue weighted by atomic mass is 32.1. The Bertz CT molecular complexity index is 324. The van der Waals surface area contributed by atoms with Gasteiger partial charge in [0.15, 0.2) is 0 Å². The summed E-state index contributed by atoms with van der Waals surface area (Å²) in [6.45, 7) is 0.429. The molecular formula is C11H15FN2S. The number of hydrogen-bond donors (Lipinski definition) is 1. The number of halogens is 1. The summed E-state index contributed by atoms with van der Waals surface area (Å²) in [7, 11) is 1.94. The van der Waals surface area contributed by atoms with Gasteiger partial charge in [-0.1, -0.05) is 12.2 Å². The third-order valence-corrected chi connectivity index (χ3v) is 2.46. The molecule has 4 heteroatoms. The molecular weight excluding hydrogens is 211 g/mol. The first-order valence-corrected chi connectivity index (χ1v) is 5.23. The molecule has 15 heavy (non-hydrogen) atoms. The summed E-state index contributed by atoms with van der Waals surface area (Å²) >= 11 is 4.86. The molecule has 0 radical (unpaired) electrons. The van der Waals surface area contributed by atoms with Crippen molar-refractivity contribution >= 4 is 22.9 Å². The Kier molecular flexibility index (Phi) is 4.49. The first-order chi connectivity index (χ1) is 7.15. The van der Waals surface area contributed by atoms with Crippen LogP contribution in [0.4, 0.5) is 10.1 Å².